The van der Waals surface area contributed by atoms with Crippen molar-refractivity contribution >= 4 is 23.4 Å². The minimum absolute atomic E-state index is 0.545. The topological polar surface area (TPSA) is 57.4 Å². The van der Waals surface area contributed by atoms with Crippen LogP contribution in [0.3, 0.4) is 0 Å². The molecule has 3 rings (SSSR count). The highest BCUT2D eigenvalue weighted by Gasteiger charge is 2.13. The molecule has 1 aromatic carbocycles. The van der Waals surface area contributed by atoms with E-state index in [1.165, 1.54) is 0 Å². The number of hydrogen-bond donors (Lipinski definition) is 1. The van der Waals surface area contributed by atoms with Crippen LogP contribution in [0.5, 0.6) is 0 Å². The maximum atomic E-state index is 9.39. The van der Waals surface area contributed by atoms with E-state index in [-0.39, 0.29) is 0 Å². The standard InChI is InChI=1S/C15H12N4S/c1-9-4-3-5-12(11(9)8-16)19-14-13(18-15(19)20)10(2)6-7-17-14/h3-7H,1-2H3,(H,18,20). The van der Waals surface area contributed by atoms with Crippen molar-refractivity contribution in [2.75, 3.05) is 0 Å². The third-order valence-electron chi connectivity index (χ3n) is 3.39. The lowest BCUT2D eigenvalue weighted by Crippen LogP contribution is -2.00. The molecule has 20 heavy (non-hydrogen) atoms. The summed E-state index contributed by atoms with van der Waals surface area (Å²) in [5.41, 5.74) is 5.04. The van der Waals surface area contributed by atoms with Crippen molar-refractivity contribution in [3.05, 3.63) is 51.9 Å². The molecule has 0 unspecified atom stereocenters. The SMILES string of the molecule is Cc1cccc(-n2c(=S)[nH]c3c(C)ccnc32)c1C#N. The molecule has 0 aliphatic carbocycles. The van der Waals surface area contributed by atoms with Gasteiger partial charge < -0.3 is 4.98 Å². The van der Waals surface area contributed by atoms with Gasteiger partial charge in [-0.3, -0.25) is 4.57 Å². The summed E-state index contributed by atoms with van der Waals surface area (Å²) >= 11 is 5.40. The van der Waals surface area contributed by atoms with Crippen LogP contribution < -0.4 is 0 Å². The molecular weight excluding hydrogens is 268 g/mol. The predicted molar refractivity (Wildman–Crippen MR) is 80.4 cm³/mol. The fraction of sp³-hybridized carbons (Fsp3) is 0.133. The third-order valence-corrected chi connectivity index (χ3v) is 3.67. The molecule has 0 saturated heterocycles. The van der Waals surface area contributed by atoms with E-state index in [0.29, 0.717) is 10.3 Å². The highest BCUT2D eigenvalue weighted by atomic mass is 32.1. The predicted octanol–water partition coefficient (Wildman–Crippen LogP) is 3.57. The number of aromatic nitrogens is 3. The molecule has 5 heteroatoms. The lowest BCUT2D eigenvalue weighted by Gasteiger charge is -2.08. The van der Waals surface area contributed by atoms with E-state index in [4.69, 9.17) is 12.2 Å². The highest BCUT2D eigenvalue weighted by Crippen LogP contribution is 2.24. The third kappa shape index (κ3) is 1.74. The molecule has 0 radical (unpaired) electrons. The number of H-pyrrole nitrogens is 1. The zero-order valence-electron chi connectivity index (χ0n) is 11.1. The Morgan fingerprint density at radius 1 is 1.25 bits per heavy atom. The minimum Gasteiger partial charge on any atom is -0.329 e. The maximum absolute atomic E-state index is 9.39. The number of fused-ring (bicyclic) bond motifs is 1. The van der Waals surface area contributed by atoms with Crippen LogP contribution in [-0.4, -0.2) is 14.5 Å². The molecule has 2 aromatic heterocycles. The van der Waals surface area contributed by atoms with Gasteiger partial charge in [-0.15, -0.1) is 0 Å². The Morgan fingerprint density at radius 3 is 2.80 bits per heavy atom. The Balaban J connectivity index is 2.46. The molecule has 1 N–H and O–H groups in total. The van der Waals surface area contributed by atoms with Crippen LogP contribution in [0.2, 0.25) is 0 Å². The molecule has 98 valence electrons. The zero-order valence-corrected chi connectivity index (χ0v) is 12.0. The van der Waals surface area contributed by atoms with E-state index >= 15 is 0 Å². The van der Waals surface area contributed by atoms with E-state index in [9.17, 15) is 5.26 Å². The number of aryl methyl sites for hydroxylation is 2. The van der Waals surface area contributed by atoms with Crippen LogP contribution in [0.1, 0.15) is 16.7 Å². The Labute approximate surface area is 121 Å². The summed E-state index contributed by atoms with van der Waals surface area (Å²) in [6.45, 7) is 3.92. The molecule has 2 heterocycles. The van der Waals surface area contributed by atoms with Crippen LogP contribution in [0.25, 0.3) is 16.9 Å². The van der Waals surface area contributed by atoms with Crippen LogP contribution >= 0.6 is 12.2 Å². The summed E-state index contributed by atoms with van der Waals surface area (Å²) in [5, 5.41) is 9.39. The number of pyridine rings is 1. The van der Waals surface area contributed by atoms with E-state index in [0.717, 1.165) is 28.0 Å². The Kier molecular flexibility index (Phi) is 2.88. The first-order chi connectivity index (χ1) is 9.63. The molecule has 3 aromatic rings. The second kappa shape index (κ2) is 4.58. The largest absolute Gasteiger partial charge is 0.329 e. The number of nitriles is 1. The van der Waals surface area contributed by atoms with Gasteiger partial charge in [0.2, 0.25) is 0 Å². The van der Waals surface area contributed by atoms with E-state index in [1.54, 1.807) is 6.20 Å². The summed E-state index contributed by atoms with van der Waals surface area (Å²) < 4.78 is 2.37. The molecule has 0 saturated carbocycles. The average Bonchev–Trinajstić information content (AvgIpc) is 2.76. The number of nitrogens with zero attached hydrogens (tertiary/aromatic N) is 3. The first-order valence-corrected chi connectivity index (χ1v) is 6.60. The first-order valence-electron chi connectivity index (χ1n) is 6.20. The minimum atomic E-state index is 0.545. The molecule has 0 spiro atoms. The molecule has 0 amide bonds. The molecule has 0 atom stereocenters. The lowest BCUT2D eigenvalue weighted by molar-refractivity contribution is 1.03. The number of nitrogens with one attached hydrogen (secondary N) is 1. The quantitative estimate of drug-likeness (QED) is 0.693. The molecule has 4 nitrogen and oxygen atoms in total. The Hall–Kier alpha value is -2.45. The summed E-state index contributed by atoms with van der Waals surface area (Å²) in [6, 6.07) is 9.90. The fourth-order valence-electron chi connectivity index (χ4n) is 2.33. The smallest absolute Gasteiger partial charge is 0.184 e. The van der Waals surface area contributed by atoms with Crippen molar-refractivity contribution in [2.24, 2.45) is 0 Å². The van der Waals surface area contributed by atoms with E-state index < -0.39 is 0 Å². The second-order valence-corrected chi connectivity index (χ2v) is 5.06. The van der Waals surface area contributed by atoms with Crippen LogP contribution in [0.15, 0.2) is 30.5 Å². The maximum Gasteiger partial charge on any atom is 0.184 e. The first kappa shape index (κ1) is 12.6. The summed E-state index contributed by atoms with van der Waals surface area (Å²) in [7, 11) is 0. The fourth-order valence-corrected chi connectivity index (χ4v) is 2.62. The summed E-state index contributed by atoms with van der Waals surface area (Å²) in [5.74, 6) is 0. The summed E-state index contributed by atoms with van der Waals surface area (Å²) in [4.78, 5) is 7.57. The van der Waals surface area contributed by atoms with E-state index in [2.05, 4.69) is 16.0 Å². The van der Waals surface area contributed by atoms with Gasteiger partial charge in [0.05, 0.1) is 16.8 Å². The van der Waals surface area contributed by atoms with Gasteiger partial charge in [-0.05, 0) is 49.3 Å². The zero-order chi connectivity index (χ0) is 14.3. The van der Waals surface area contributed by atoms with Crippen molar-refractivity contribution in [2.45, 2.75) is 13.8 Å². The normalized spacial score (nSPS) is 10.7. The second-order valence-electron chi connectivity index (χ2n) is 4.67. The molecule has 0 aliphatic rings. The number of imidazole rings is 1. The number of benzene rings is 1. The Bertz CT molecular complexity index is 912. The molecule has 0 fully saturated rings. The van der Waals surface area contributed by atoms with Gasteiger partial charge in [-0.2, -0.15) is 5.26 Å². The molecule has 0 aliphatic heterocycles. The van der Waals surface area contributed by atoms with Crippen molar-refractivity contribution in [1.29, 1.82) is 5.26 Å². The molecule has 0 bridgehead atoms. The van der Waals surface area contributed by atoms with Gasteiger partial charge in [0.15, 0.2) is 10.4 Å². The van der Waals surface area contributed by atoms with Crippen LogP contribution in [-0.2, 0) is 0 Å². The van der Waals surface area contributed by atoms with Gasteiger partial charge in [0, 0.05) is 6.20 Å². The van der Waals surface area contributed by atoms with Crippen molar-refractivity contribution in [3.8, 4) is 11.8 Å². The summed E-state index contributed by atoms with van der Waals surface area (Å²) in [6.07, 6.45) is 1.75. The van der Waals surface area contributed by atoms with Crippen molar-refractivity contribution in [3.63, 3.8) is 0 Å². The van der Waals surface area contributed by atoms with Crippen LogP contribution in [0.4, 0.5) is 0 Å². The lowest BCUT2D eigenvalue weighted by atomic mass is 10.1. The molecular formula is C15H12N4S. The van der Waals surface area contributed by atoms with Gasteiger partial charge in [-0.25, -0.2) is 4.98 Å². The van der Waals surface area contributed by atoms with E-state index in [1.807, 2.05) is 42.7 Å². The van der Waals surface area contributed by atoms with Gasteiger partial charge in [0.1, 0.15) is 6.07 Å². The van der Waals surface area contributed by atoms with Crippen molar-refractivity contribution in [1.82, 2.24) is 14.5 Å². The number of aromatic amines is 1. The van der Waals surface area contributed by atoms with Gasteiger partial charge in [-0.1, -0.05) is 12.1 Å². The van der Waals surface area contributed by atoms with Crippen molar-refractivity contribution < 1.29 is 0 Å². The number of rotatable bonds is 1. The van der Waals surface area contributed by atoms with Gasteiger partial charge in [0.25, 0.3) is 0 Å². The van der Waals surface area contributed by atoms with Gasteiger partial charge >= 0.3 is 0 Å². The number of hydrogen-bond acceptors (Lipinski definition) is 3. The van der Waals surface area contributed by atoms with Crippen LogP contribution in [0, 0.1) is 29.9 Å². The Morgan fingerprint density at radius 2 is 2.05 bits per heavy atom. The monoisotopic (exact) mass is 280 g/mol. The average molecular weight is 280 g/mol. The highest BCUT2D eigenvalue weighted by molar-refractivity contribution is 7.71.